The van der Waals surface area contributed by atoms with Crippen molar-refractivity contribution in [3.05, 3.63) is 65.2 Å². The number of nitrogens with one attached hydrogen (secondary N) is 1. The minimum atomic E-state index is -0.496. The Morgan fingerprint density at radius 2 is 2.05 bits per heavy atom. The molecule has 1 amide bonds. The van der Waals surface area contributed by atoms with E-state index in [1.54, 1.807) is 24.5 Å². The van der Waals surface area contributed by atoms with Crippen molar-refractivity contribution in [1.29, 1.82) is 0 Å². The molecular formula is C16H13N3O2S. The number of benzene rings is 1. The van der Waals surface area contributed by atoms with Gasteiger partial charge in [0.15, 0.2) is 0 Å². The molecule has 0 aliphatic heterocycles. The van der Waals surface area contributed by atoms with Gasteiger partial charge in [0.2, 0.25) is 0 Å². The second kappa shape index (κ2) is 6.82. The second-order valence-corrected chi connectivity index (χ2v) is 5.37. The van der Waals surface area contributed by atoms with Gasteiger partial charge in [0, 0.05) is 23.3 Å². The van der Waals surface area contributed by atoms with Gasteiger partial charge in [-0.05, 0) is 24.3 Å². The summed E-state index contributed by atoms with van der Waals surface area (Å²) in [6.45, 7) is 0.330. The predicted octanol–water partition coefficient (Wildman–Crippen LogP) is 3.49. The summed E-state index contributed by atoms with van der Waals surface area (Å²) < 4.78 is 5.14. The lowest BCUT2D eigenvalue weighted by molar-refractivity contribution is 0.200. The summed E-state index contributed by atoms with van der Waals surface area (Å²) in [5, 5.41) is 5.43. The molecule has 5 nitrogen and oxygen atoms in total. The summed E-state index contributed by atoms with van der Waals surface area (Å²) in [5.41, 5.74) is 1.81. The molecule has 2 aromatic heterocycles. The van der Waals surface area contributed by atoms with Crippen molar-refractivity contribution in [2.75, 3.05) is 0 Å². The van der Waals surface area contributed by atoms with Crippen LogP contribution in [0.15, 0.2) is 60.2 Å². The predicted molar refractivity (Wildman–Crippen MR) is 84.7 cm³/mol. The Labute approximate surface area is 131 Å². The lowest BCUT2D eigenvalue weighted by atomic mass is 10.2. The van der Waals surface area contributed by atoms with E-state index in [1.807, 2.05) is 35.7 Å². The van der Waals surface area contributed by atoms with Crippen molar-refractivity contribution in [1.82, 2.24) is 15.3 Å². The molecule has 3 aromatic rings. The van der Waals surface area contributed by atoms with E-state index in [1.165, 1.54) is 11.3 Å². The summed E-state index contributed by atoms with van der Waals surface area (Å²) in [4.78, 5) is 20.2. The maximum atomic E-state index is 11.7. The number of hydrogen-bond acceptors (Lipinski definition) is 5. The summed E-state index contributed by atoms with van der Waals surface area (Å²) in [6, 6.07) is 12.7. The van der Waals surface area contributed by atoms with Gasteiger partial charge in [-0.1, -0.05) is 18.2 Å². The molecule has 22 heavy (non-hydrogen) atoms. The average molecular weight is 311 g/mol. The zero-order valence-corrected chi connectivity index (χ0v) is 12.4. The van der Waals surface area contributed by atoms with Crippen LogP contribution in [0.5, 0.6) is 5.75 Å². The van der Waals surface area contributed by atoms with Gasteiger partial charge in [0.05, 0.1) is 12.2 Å². The highest BCUT2D eigenvalue weighted by Crippen LogP contribution is 2.20. The first-order chi connectivity index (χ1) is 10.8. The number of hydrogen-bond donors (Lipinski definition) is 1. The zero-order valence-electron chi connectivity index (χ0n) is 11.6. The van der Waals surface area contributed by atoms with Crippen molar-refractivity contribution >= 4 is 17.4 Å². The number of rotatable bonds is 4. The van der Waals surface area contributed by atoms with Crippen LogP contribution in [0.2, 0.25) is 0 Å². The second-order valence-electron chi connectivity index (χ2n) is 4.42. The molecule has 3 rings (SSSR count). The molecule has 0 spiro atoms. The first kappa shape index (κ1) is 14.2. The summed E-state index contributed by atoms with van der Waals surface area (Å²) in [6.07, 6.45) is 2.98. The first-order valence-corrected chi connectivity index (χ1v) is 7.55. The monoisotopic (exact) mass is 311 g/mol. The Kier molecular flexibility index (Phi) is 4.41. The molecule has 0 bridgehead atoms. The first-order valence-electron chi connectivity index (χ1n) is 6.67. The van der Waals surface area contributed by atoms with Crippen molar-refractivity contribution in [3.63, 3.8) is 0 Å². The zero-order chi connectivity index (χ0) is 15.2. The fourth-order valence-corrected chi connectivity index (χ4v) is 2.56. The van der Waals surface area contributed by atoms with E-state index in [0.717, 1.165) is 16.3 Å². The fraction of sp³-hybridized carbons (Fsp3) is 0.0625. The van der Waals surface area contributed by atoms with Crippen molar-refractivity contribution in [2.45, 2.75) is 6.54 Å². The smallest absolute Gasteiger partial charge is 0.410 e. The highest BCUT2D eigenvalue weighted by Gasteiger charge is 2.07. The molecule has 0 fully saturated rings. The molecule has 6 heteroatoms. The van der Waals surface area contributed by atoms with Crippen LogP contribution in [0.3, 0.4) is 0 Å². The van der Waals surface area contributed by atoms with E-state index < -0.39 is 6.09 Å². The molecule has 0 unspecified atom stereocenters. The van der Waals surface area contributed by atoms with Gasteiger partial charge in [0.1, 0.15) is 10.8 Å². The van der Waals surface area contributed by atoms with Gasteiger partial charge in [-0.2, -0.15) is 0 Å². The Morgan fingerprint density at radius 1 is 1.18 bits per heavy atom. The molecule has 1 aromatic carbocycles. The van der Waals surface area contributed by atoms with Gasteiger partial charge in [-0.25, -0.2) is 9.78 Å². The van der Waals surface area contributed by atoms with Crippen LogP contribution < -0.4 is 10.1 Å². The fourth-order valence-electron chi connectivity index (χ4n) is 1.82. The quantitative estimate of drug-likeness (QED) is 0.801. The number of ether oxygens (including phenoxy) is 1. The van der Waals surface area contributed by atoms with E-state index in [-0.39, 0.29) is 0 Å². The average Bonchev–Trinajstić information content (AvgIpc) is 3.04. The molecule has 2 heterocycles. The minimum absolute atomic E-state index is 0.330. The lowest BCUT2D eigenvalue weighted by Gasteiger charge is -2.04. The molecular weight excluding hydrogens is 298 g/mol. The number of thiazole rings is 1. The number of pyridine rings is 1. The Bertz CT molecular complexity index is 744. The van der Waals surface area contributed by atoms with Crippen molar-refractivity contribution < 1.29 is 9.53 Å². The van der Waals surface area contributed by atoms with Gasteiger partial charge in [0.25, 0.3) is 0 Å². The molecule has 0 aliphatic carbocycles. The maximum Gasteiger partial charge on any atom is 0.412 e. The van der Waals surface area contributed by atoms with Crippen LogP contribution in [-0.2, 0) is 6.54 Å². The van der Waals surface area contributed by atoms with Crippen LogP contribution in [0.4, 0.5) is 4.79 Å². The van der Waals surface area contributed by atoms with Crippen LogP contribution in [0.1, 0.15) is 5.01 Å². The minimum Gasteiger partial charge on any atom is -0.410 e. The van der Waals surface area contributed by atoms with Gasteiger partial charge >= 0.3 is 6.09 Å². The normalized spacial score (nSPS) is 10.2. The van der Waals surface area contributed by atoms with E-state index in [9.17, 15) is 4.79 Å². The third-order valence-corrected chi connectivity index (χ3v) is 3.70. The Morgan fingerprint density at radius 3 is 2.82 bits per heavy atom. The molecule has 0 radical (unpaired) electrons. The van der Waals surface area contributed by atoms with E-state index in [4.69, 9.17) is 4.74 Å². The summed E-state index contributed by atoms with van der Waals surface area (Å²) in [5.74, 6) is 0.509. The maximum absolute atomic E-state index is 11.7. The molecule has 0 saturated carbocycles. The van der Waals surface area contributed by atoms with Crippen LogP contribution >= 0.6 is 11.3 Å². The van der Waals surface area contributed by atoms with Crippen molar-refractivity contribution in [3.8, 4) is 17.0 Å². The molecule has 1 N–H and O–H groups in total. The number of aromatic nitrogens is 2. The third-order valence-electron chi connectivity index (χ3n) is 2.85. The van der Waals surface area contributed by atoms with E-state index in [2.05, 4.69) is 15.3 Å². The summed E-state index contributed by atoms with van der Waals surface area (Å²) in [7, 11) is 0. The largest absolute Gasteiger partial charge is 0.412 e. The Hall–Kier alpha value is -2.73. The molecule has 0 atom stereocenters. The summed E-state index contributed by atoms with van der Waals surface area (Å²) >= 11 is 1.48. The SMILES string of the molecule is O=C(NCc1nc(-c2cccnc2)cs1)Oc1ccccc1. The van der Waals surface area contributed by atoms with Crippen LogP contribution in [0.25, 0.3) is 11.3 Å². The molecule has 0 saturated heterocycles. The number of carbonyl (C=O) groups is 1. The van der Waals surface area contributed by atoms with Crippen molar-refractivity contribution in [2.24, 2.45) is 0 Å². The van der Waals surface area contributed by atoms with E-state index >= 15 is 0 Å². The number of para-hydroxylation sites is 1. The highest BCUT2D eigenvalue weighted by atomic mass is 32.1. The van der Waals surface area contributed by atoms with Gasteiger partial charge in [-0.15, -0.1) is 11.3 Å². The number of amides is 1. The van der Waals surface area contributed by atoms with Crippen LogP contribution in [-0.4, -0.2) is 16.1 Å². The lowest BCUT2D eigenvalue weighted by Crippen LogP contribution is -2.26. The highest BCUT2D eigenvalue weighted by molar-refractivity contribution is 7.09. The standard InChI is InChI=1S/C16H13N3O2S/c20-16(21-13-6-2-1-3-7-13)18-10-15-19-14(11-22-15)12-5-4-8-17-9-12/h1-9,11H,10H2,(H,18,20). The topological polar surface area (TPSA) is 64.1 Å². The number of nitrogens with zero attached hydrogens (tertiary/aromatic N) is 2. The third kappa shape index (κ3) is 3.67. The van der Waals surface area contributed by atoms with Gasteiger partial charge < -0.3 is 10.1 Å². The van der Waals surface area contributed by atoms with Crippen LogP contribution in [0, 0.1) is 0 Å². The van der Waals surface area contributed by atoms with E-state index in [0.29, 0.717) is 12.3 Å². The molecule has 0 aliphatic rings. The number of carbonyl (C=O) groups excluding carboxylic acids is 1. The van der Waals surface area contributed by atoms with Gasteiger partial charge in [-0.3, -0.25) is 4.98 Å². The molecule has 110 valence electrons. The Balaban J connectivity index is 1.56.